The van der Waals surface area contributed by atoms with Crippen molar-refractivity contribution in [2.45, 2.75) is 0 Å². The predicted molar refractivity (Wildman–Crippen MR) is 38.8 cm³/mol. The zero-order valence-electron chi connectivity index (χ0n) is 5.20. The topological polar surface area (TPSA) is 34.7 Å². The number of nitrogens with zero attached hydrogens (tertiary/aromatic N) is 2. The third kappa shape index (κ3) is 1.35. The van der Waals surface area contributed by atoms with Gasteiger partial charge in [0, 0.05) is 7.05 Å². The Hall–Kier alpha value is -1.18. The summed E-state index contributed by atoms with van der Waals surface area (Å²) in [5.74, 6) is 0. The Bertz CT molecular complexity index is 191. The standard InChI is InChI=1S/C7H7N2/c1-9-7-4-2-6(8)3-5-7/h2-5H,1H3. The van der Waals surface area contributed by atoms with Gasteiger partial charge >= 0.3 is 0 Å². The fourth-order valence-electron chi connectivity index (χ4n) is 0.602. The molecule has 0 aliphatic heterocycles. The molecule has 1 aliphatic rings. The van der Waals surface area contributed by atoms with Crippen LogP contribution in [0.25, 0.3) is 0 Å². The van der Waals surface area contributed by atoms with Gasteiger partial charge in [-0.1, -0.05) is 0 Å². The zero-order chi connectivity index (χ0) is 6.69. The van der Waals surface area contributed by atoms with Crippen LogP contribution in [0.1, 0.15) is 0 Å². The summed E-state index contributed by atoms with van der Waals surface area (Å²) in [6.45, 7) is 0. The first-order chi connectivity index (χ1) is 4.33. The summed E-state index contributed by atoms with van der Waals surface area (Å²) < 4.78 is 0. The number of hydrogen-bond acceptors (Lipinski definition) is 1. The van der Waals surface area contributed by atoms with Crippen molar-refractivity contribution in [3.63, 3.8) is 0 Å². The van der Waals surface area contributed by atoms with Crippen LogP contribution in [0.3, 0.4) is 0 Å². The second-order valence-electron chi connectivity index (χ2n) is 1.74. The van der Waals surface area contributed by atoms with Crippen molar-refractivity contribution in [3.05, 3.63) is 24.3 Å². The normalized spacial score (nSPS) is 16.6. The van der Waals surface area contributed by atoms with Crippen molar-refractivity contribution in [3.8, 4) is 0 Å². The van der Waals surface area contributed by atoms with E-state index in [9.17, 15) is 0 Å². The van der Waals surface area contributed by atoms with Gasteiger partial charge in [0.2, 0.25) is 0 Å². The fourth-order valence-corrected chi connectivity index (χ4v) is 0.602. The van der Waals surface area contributed by atoms with Gasteiger partial charge in [-0.05, 0) is 24.3 Å². The van der Waals surface area contributed by atoms with Crippen LogP contribution in [0, 0.1) is 0 Å². The van der Waals surface area contributed by atoms with E-state index in [-0.39, 0.29) is 5.71 Å². The van der Waals surface area contributed by atoms with E-state index >= 15 is 0 Å². The average molecular weight is 119 g/mol. The van der Waals surface area contributed by atoms with Gasteiger partial charge in [-0.15, -0.1) is 0 Å². The first-order valence-electron chi connectivity index (χ1n) is 2.72. The quantitative estimate of drug-likeness (QED) is 0.414. The highest BCUT2D eigenvalue weighted by Gasteiger charge is 1.94. The van der Waals surface area contributed by atoms with Gasteiger partial charge < -0.3 is 0 Å². The third-order valence-corrected chi connectivity index (χ3v) is 1.11. The van der Waals surface area contributed by atoms with Crippen molar-refractivity contribution in [1.82, 2.24) is 5.41 Å². The summed E-state index contributed by atoms with van der Waals surface area (Å²) in [4.78, 5) is 3.90. The molecule has 1 radical (unpaired) electrons. The minimum atomic E-state index is 0.280. The van der Waals surface area contributed by atoms with Gasteiger partial charge in [0.15, 0.2) is 0 Å². The summed E-state index contributed by atoms with van der Waals surface area (Å²) in [5.41, 5.74) is 1.16. The van der Waals surface area contributed by atoms with Gasteiger partial charge in [-0.3, -0.25) is 4.99 Å². The van der Waals surface area contributed by atoms with Crippen LogP contribution in [0.2, 0.25) is 0 Å². The first-order valence-corrected chi connectivity index (χ1v) is 2.72. The maximum absolute atomic E-state index is 8.81. The second-order valence-corrected chi connectivity index (χ2v) is 1.74. The molecule has 45 valence electrons. The molecule has 2 heteroatoms. The van der Waals surface area contributed by atoms with Gasteiger partial charge in [0.1, 0.15) is 0 Å². The van der Waals surface area contributed by atoms with Crippen LogP contribution < -0.4 is 5.41 Å². The first kappa shape index (κ1) is 5.95. The molecule has 0 amide bonds. The molecule has 2 nitrogen and oxygen atoms in total. The smallest absolute Gasteiger partial charge is 0.0858 e. The number of allylic oxidation sites excluding steroid dienone is 4. The van der Waals surface area contributed by atoms with E-state index in [1.54, 1.807) is 31.4 Å². The Morgan fingerprint density at radius 2 is 1.78 bits per heavy atom. The van der Waals surface area contributed by atoms with Crippen molar-refractivity contribution in [2.24, 2.45) is 4.99 Å². The summed E-state index contributed by atoms with van der Waals surface area (Å²) in [6, 6.07) is 0. The lowest BCUT2D eigenvalue weighted by molar-refractivity contribution is 1.45. The Labute approximate surface area is 54.1 Å². The molecule has 0 bridgehead atoms. The molecule has 0 fully saturated rings. The Kier molecular flexibility index (Phi) is 1.58. The highest BCUT2D eigenvalue weighted by atomic mass is 14.7. The maximum atomic E-state index is 8.81. The van der Waals surface area contributed by atoms with E-state index < -0.39 is 0 Å². The van der Waals surface area contributed by atoms with Crippen LogP contribution in [-0.2, 0) is 0 Å². The van der Waals surface area contributed by atoms with Gasteiger partial charge in [-0.2, -0.15) is 5.41 Å². The van der Waals surface area contributed by atoms with Crippen molar-refractivity contribution < 1.29 is 0 Å². The number of aliphatic imine (C=N–C) groups is 1. The highest BCUT2D eigenvalue weighted by molar-refractivity contribution is 6.17. The molecule has 0 aromatic carbocycles. The number of rotatable bonds is 0. The van der Waals surface area contributed by atoms with E-state index in [0.717, 1.165) is 5.71 Å². The van der Waals surface area contributed by atoms with Crippen LogP contribution in [0.4, 0.5) is 0 Å². The zero-order valence-corrected chi connectivity index (χ0v) is 5.20. The lowest BCUT2D eigenvalue weighted by atomic mass is 10.1. The molecule has 0 spiro atoms. The van der Waals surface area contributed by atoms with Gasteiger partial charge in [-0.25, -0.2) is 0 Å². The lowest BCUT2D eigenvalue weighted by Crippen LogP contribution is -1.99. The third-order valence-electron chi connectivity index (χ3n) is 1.11. The van der Waals surface area contributed by atoms with Crippen LogP contribution in [0.5, 0.6) is 0 Å². The van der Waals surface area contributed by atoms with Gasteiger partial charge in [0.25, 0.3) is 0 Å². The van der Waals surface area contributed by atoms with E-state index in [4.69, 9.17) is 5.41 Å². The largest absolute Gasteiger partial charge is 0.289 e. The van der Waals surface area contributed by atoms with E-state index in [0.29, 0.717) is 0 Å². The fraction of sp³-hybridized carbons (Fsp3) is 0.143. The van der Waals surface area contributed by atoms with Crippen molar-refractivity contribution in [2.75, 3.05) is 7.05 Å². The molecule has 0 N–H and O–H groups in total. The molecule has 0 aromatic rings. The SMILES string of the molecule is CN=C1C=CC(=[N])C=C1. The van der Waals surface area contributed by atoms with E-state index in [1.807, 2.05) is 0 Å². The predicted octanol–water partition coefficient (Wildman–Crippen LogP) is 0.424. The molecule has 9 heavy (non-hydrogen) atoms. The average Bonchev–Trinajstić information content (AvgIpc) is 1.90. The van der Waals surface area contributed by atoms with Crippen LogP contribution >= 0.6 is 0 Å². The van der Waals surface area contributed by atoms with E-state index in [2.05, 4.69) is 4.99 Å². The number of hydrogen-bond donors (Lipinski definition) is 0. The molecule has 1 rings (SSSR count). The molecular weight excluding hydrogens is 112 g/mol. The molecule has 0 aromatic heterocycles. The van der Waals surface area contributed by atoms with E-state index in [1.165, 1.54) is 0 Å². The molecule has 0 unspecified atom stereocenters. The highest BCUT2D eigenvalue weighted by Crippen LogP contribution is 1.93. The summed E-state index contributed by atoms with van der Waals surface area (Å²) in [6.07, 6.45) is 6.75. The maximum Gasteiger partial charge on any atom is 0.0858 e. The molecule has 0 saturated carbocycles. The molecule has 0 atom stereocenters. The Morgan fingerprint density at radius 1 is 1.22 bits per heavy atom. The van der Waals surface area contributed by atoms with Crippen LogP contribution in [0.15, 0.2) is 29.3 Å². The Balaban J connectivity index is 2.82. The Morgan fingerprint density at radius 3 is 2.22 bits per heavy atom. The van der Waals surface area contributed by atoms with Crippen molar-refractivity contribution in [1.29, 1.82) is 0 Å². The molecular formula is C7H7N2. The summed E-state index contributed by atoms with van der Waals surface area (Å²) in [7, 11) is 1.71. The monoisotopic (exact) mass is 119 g/mol. The molecule has 1 aliphatic carbocycles. The molecule has 0 heterocycles. The second kappa shape index (κ2) is 2.40. The lowest BCUT2D eigenvalue weighted by Gasteiger charge is -1.95. The minimum absolute atomic E-state index is 0.280. The van der Waals surface area contributed by atoms with Crippen molar-refractivity contribution >= 4 is 11.4 Å². The van der Waals surface area contributed by atoms with Crippen LogP contribution in [-0.4, -0.2) is 18.5 Å². The molecule has 0 saturated heterocycles. The van der Waals surface area contributed by atoms with Gasteiger partial charge in [0.05, 0.1) is 11.4 Å². The minimum Gasteiger partial charge on any atom is -0.289 e. The summed E-state index contributed by atoms with van der Waals surface area (Å²) in [5, 5.41) is 8.81. The summed E-state index contributed by atoms with van der Waals surface area (Å²) >= 11 is 0.